The van der Waals surface area contributed by atoms with Crippen molar-refractivity contribution in [2.24, 2.45) is 5.92 Å². The minimum Gasteiger partial charge on any atom is -0.497 e. The van der Waals surface area contributed by atoms with E-state index in [1.807, 2.05) is 24.3 Å². The van der Waals surface area contributed by atoms with Crippen LogP contribution >= 0.6 is 12.2 Å². The fourth-order valence-electron chi connectivity index (χ4n) is 2.54. The van der Waals surface area contributed by atoms with Crippen molar-refractivity contribution in [3.63, 3.8) is 0 Å². The second-order valence-corrected chi connectivity index (χ2v) is 6.52. The van der Waals surface area contributed by atoms with Crippen molar-refractivity contribution in [1.82, 2.24) is 10.3 Å². The van der Waals surface area contributed by atoms with Gasteiger partial charge in [-0.05, 0) is 54.4 Å². The van der Waals surface area contributed by atoms with E-state index < -0.39 is 0 Å². The van der Waals surface area contributed by atoms with Crippen LogP contribution in [-0.2, 0) is 0 Å². The number of thiocarbonyl (C=S) groups is 1. The lowest BCUT2D eigenvalue weighted by Crippen LogP contribution is -2.33. The summed E-state index contributed by atoms with van der Waals surface area (Å²) in [5.41, 5.74) is 1.16. The summed E-state index contributed by atoms with van der Waals surface area (Å²) in [6.45, 7) is 4.38. The zero-order valence-corrected chi connectivity index (χ0v) is 15.9. The Morgan fingerprint density at radius 3 is 2.44 bits per heavy atom. The average Bonchev–Trinajstić information content (AvgIpc) is 2.61. The Labute approximate surface area is 154 Å². The van der Waals surface area contributed by atoms with Crippen LogP contribution in [0.25, 0.3) is 0 Å². The minimum atomic E-state index is 0.0978. The van der Waals surface area contributed by atoms with Crippen LogP contribution in [0.15, 0.2) is 42.6 Å². The summed E-state index contributed by atoms with van der Waals surface area (Å²) in [5.74, 6) is 2.61. The Bertz CT molecular complexity index is 689. The molecule has 5 nitrogen and oxygen atoms in total. The van der Waals surface area contributed by atoms with E-state index in [1.54, 1.807) is 20.4 Å². The number of hydrogen-bond donors (Lipinski definition) is 2. The third-order valence-corrected chi connectivity index (χ3v) is 3.97. The number of nitrogens with zero attached hydrogens (tertiary/aromatic N) is 1. The van der Waals surface area contributed by atoms with E-state index in [0.717, 1.165) is 17.7 Å². The van der Waals surface area contributed by atoms with Crippen molar-refractivity contribution in [2.45, 2.75) is 26.3 Å². The first kappa shape index (κ1) is 19.0. The summed E-state index contributed by atoms with van der Waals surface area (Å²) in [6.07, 6.45) is 2.65. The second-order valence-electron chi connectivity index (χ2n) is 6.11. The molecule has 0 aliphatic carbocycles. The average molecular weight is 359 g/mol. The number of benzene rings is 1. The molecule has 25 heavy (non-hydrogen) atoms. The number of aromatic nitrogens is 1. The zero-order valence-electron chi connectivity index (χ0n) is 15.1. The highest BCUT2D eigenvalue weighted by Gasteiger charge is 2.16. The normalized spacial score (nSPS) is 11.7. The number of methoxy groups -OCH3 is 2. The van der Waals surface area contributed by atoms with E-state index in [2.05, 4.69) is 41.6 Å². The summed E-state index contributed by atoms with van der Waals surface area (Å²) in [7, 11) is 3.27. The summed E-state index contributed by atoms with van der Waals surface area (Å²) in [5, 5.41) is 7.02. The molecule has 134 valence electrons. The van der Waals surface area contributed by atoms with Crippen molar-refractivity contribution >= 4 is 23.1 Å². The molecule has 1 aromatic heterocycles. The molecule has 0 saturated carbocycles. The number of ether oxygens (including phenoxy) is 2. The van der Waals surface area contributed by atoms with E-state index in [9.17, 15) is 0 Å². The first-order chi connectivity index (χ1) is 12.0. The monoisotopic (exact) mass is 359 g/mol. The van der Waals surface area contributed by atoms with Crippen LogP contribution in [0, 0.1) is 5.92 Å². The van der Waals surface area contributed by atoms with Crippen LogP contribution < -0.4 is 20.1 Å². The summed E-state index contributed by atoms with van der Waals surface area (Å²) >= 11 is 5.48. The maximum Gasteiger partial charge on any atom is 0.174 e. The van der Waals surface area contributed by atoms with Crippen LogP contribution in [0.1, 0.15) is 31.9 Å². The summed E-state index contributed by atoms with van der Waals surface area (Å²) < 4.78 is 10.5. The van der Waals surface area contributed by atoms with Gasteiger partial charge in [-0.1, -0.05) is 26.0 Å². The van der Waals surface area contributed by atoms with Gasteiger partial charge in [0.1, 0.15) is 5.75 Å². The highest BCUT2D eigenvalue weighted by Crippen LogP contribution is 2.24. The number of rotatable bonds is 7. The van der Waals surface area contributed by atoms with Crippen LogP contribution in [0.3, 0.4) is 0 Å². The molecule has 0 bridgehead atoms. The van der Waals surface area contributed by atoms with Crippen molar-refractivity contribution in [2.75, 3.05) is 19.5 Å². The fraction of sp³-hybridized carbons (Fsp3) is 0.368. The van der Waals surface area contributed by atoms with E-state index >= 15 is 0 Å². The fourth-order valence-corrected chi connectivity index (χ4v) is 2.78. The lowest BCUT2D eigenvalue weighted by atomic mass is 9.97. The molecule has 0 amide bonds. The number of nitrogens with one attached hydrogen (secondary N) is 2. The molecule has 2 rings (SSSR count). The summed E-state index contributed by atoms with van der Waals surface area (Å²) in [6, 6.07) is 11.8. The Balaban J connectivity index is 2.11. The molecule has 6 heteroatoms. The number of pyridine rings is 1. The van der Waals surface area contributed by atoms with Gasteiger partial charge in [0, 0.05) is 6.20 Å². The zero-order chi connectivity index (χ0) is 18.2. The SMILES string of the molecule is COc1ccc([C@H](CC(C)C)NC(=S)Nc2ncccc2OC)cc1. The molecule has 0 radical (unpaired) electrons. The highest BCUT2D eigenvalue weighted by atomic mass is 32.1. The molecule has 0 spiro atoms. The molecule has 0 aliphatic rings. The third-order valence-electron chi connectivity index (χ3n) is 3.75. The van der Waals surface area contributed by atoms with Crippen LogP contribution in [0.2, 0.25) is 0 Å². The first-order valence-electron chi connectivity index (χ1n) is 8.24. The van der Waals surface area contributed by atoms with Gasteiger partial charge in [-0.3, -0.25) is 0 Å². The van der Waals surface area contributed by atoms with Gasteiger partial charge in [0.25, 0.3) is 0 Å². The highest BCUT2D eigenvalue weighted by molar-refractivity contribution is 7.80. The van der Waals surface area contributed by atoms with E-state index in [-0.39, 0.29) is 6.04 Å². The molecule has 0 saturated heterocycles. The van der Waals surface area contributed by atoms with Crippen LogP contribution in [-0.4, -0.2) is 24.3 Å². The van der Waals surface area contributed by atoms with Gasteiger partial charge in [0.15, 0.2) is 16.7 Å². The molecular weight excluding hydrogens is 334 g/mol. The molecule has 1 atom stereocenters. The predicted octanol–water partition coefficient (Wildman–Crippen LogP) is 4.17. The Hall–Kier alpha value is -2.34. The van der Waals surface area contributed by atoms with Gasteiger partial charge in [0.2, 0.25) is 0 Å². The molecule has 1 heterocycles. The van der Waals surface area contributed by atoms with Crippen molar-refractivity contribution in [3.05, 3.63) is 48.2 Å². The van der Waals surface area contributed by atoms with E-state index in [0.29, 0.717) is 22.6 Å². The Morgan fingerprint density at radius 1 is 1.12 bits per heavy atom. The molecular formula is C19H25N3O2S. The van der Waals surface area contributed by atoms with Gasteiger partial charge in [-0.2, -0.15) is 0 Å². The minimum absolute atomic E-state index is 0.0978. The maximum absolute atomic E-state index is 5.48. The molecule has 0 aliphatic heterocycles. The lowest BCUT2D eigenvalue weighted by molar-refractivity contribution is 0.414. The lowest BCUT2D eigenvalue weighted by Gasteiger charge is -2.23. The van der Waals surface area contributed by atoms with Crippen LogP contribution in [0.4, 0.5) is 5.82 Å². The second kappa shape index (κ2) is 9.22. The third kappa shape index (κ3) is 5.60. The molecule has 0 unspecified atom stereocenters. The number of hydrogen-bond acceptors (Lipinski definition) is 4. The molecule has 1 aromatic carbocycles. The largest absolute Gasteiger partial charge is 0.497 e. The van der Waals surface area contributed by atoms with Crippen LogP contribution in [0.5, 0.6) is 11.5 Å². The maximum atomic E-state index is 5.48. The van der Waals surface area contributed by atoms with E-state index in [1.165, 1.54) is 0 Å². The van der Waals surface area contributed by atoms with Gasteiger partial charge in [-0.15, -0.1) is 0 Å². The molecule has 2 aromatic rings. The summed E-state index contributed by atoms with van der Waals surface area (Å²) in [4.78, 5) is 4.27. The number of anilines is 1. The van der Waals surface area contributed by atoms with Crippen molar-refractivity contribution in [1.29, 1.82) is 0 Å². The molecule has 0 fully saturated rings. The smallest absolute Gasteiger partial charge is 0.174 e. The first-order valence-corrected chi connectivity index (χ1v) is 8.64. The van der Waals surface area contributed by atoms with Gasteiger partial charge in [-0.25, -0.2) is 4.98 Å². The Kier molecular flexibility index (Phi) is 7.01. The van der Waals surface area contributed by atoms with Gasteiger partial charge in [0.05, 0.1) is 20.3 Å². The van der Waals surface area contributed by atoms with Gasteiger partial charge >= 0.3 is 0 Å². The topological polar surface area (TPSA) is 55.4 Å². The molecule has 2 N–H and O–H groups in total. The Morgan fingerprint density at radius 2 is 1.84 bits per heavy atom. The van der Waals surface area contributed by atoms with Gasteiger partial charge < -0.3 is 20.1 Å². The predicted molar refractivity (Wildman–Crippen MR) is 105 cm³/mol. The quantitative estimate of drug-likeness (QED) is 0.724. The van der Waals surface area contributed by atoms with Crippen molar-refractivity contribution < 1.29 is 9.47 Å². The standard InChI is InChI=1S/C19H25N3O2S/c1-13(2)12-16(14-7-9-15(23-3)10-8-14)21-19(25)22-18-17(24-4)6-5-11-20-18/h5-11,13,16H,12H2,1-4H3,(H2,20,21,22,25)/t16-/m0/s1. The van der Waals surface area contributed by atoms with E-state index in [4.69, 9.17) is 21.7 Å². The van der Waals surface area contributed by atoms with Crippen molar-refractivity contribution in [3.8, 4) is 11.5 Å².